The lowest BCUT2D eigenvalue weighted by Gasteiger charge is -2.12. The SMILES string of the molecule is CC(C)(C)S(=O)N=Cc1ccc(Br)c(Cl)c1. The molecule has 0 fully saturated rings. The van der Waals surface area contributed by atoms with Gasteiger partial charge in [-0.05, 0) is 54.4 Å². The molecule has 16 heavy (non-hydrogen) atoms. The van der Waals surface area contributed by atoms with E-state index in [9.17, 15) is 4.21 Å². The molecular formula is C11H13BrClNOS. The largest absolute Gasteiger partial charge is 0.234 e. The average Bonchev–Trinajstić information content (AvgIpc) is 2.18. The van der Waals surface area contributed by atoms with Crippen LogP contribution in [0, 0.1) is 0 Å². The molecule has 0 radical (unpaired) electrons. The van der Waals surface area contributed by atoms with Gasteiger partial charge in [-0.2, -0.15) is 4.40 Å². The smallest absolute Gasteiger partial charge is 0.144 e. The molecule has 0 saturated heterocycles. The fourth-order valence-electron chi connectivity index (χ4n) is 0.860. The first kappa shape index (κ1) is 13.9. The van der Waals surface area contributed by atoms with Gasteiger partial charge in [0, 0.05) is 10.7 Å². The van der Waals surface area contributed by atoms with E-state index in [1.54, 1.807) is 12.3 Å². The molecule has 0 spiro atoms. The van der Waals surface area contributed by atoms with E-state index in [0.29, 0.717) is 5.02 Å². The topological polar surface area (TPSA) is 29.4 Å². The van der Waals surface area contributed by atoms with Crippen LogP contribution in [0.1, 0.15) is 26.3 Å². The number of nitrogens with zero attached hydrogens (tertiary/aromatic N) is 1. The zero-order chi connectivity index (χ0) is 12.3. The fraction of sp³-hybridized carbons (Fsp3) is 0.364. The molecule has 1 aromatic carbocycles. The second-order valence-electron chi connectivity index (χ2n) is 4.27. The van der Waals surface area contributed by atoms with E-state index >= 15 is 0 Å². The Morgan fingerprint density at radius 2 is 2.06 bits per heavy atom. The second-order valence-corrected chi connectivity index (χ2v) is 7.46. The highest BCUT2D eigenvalue weighted by Crippen LogP contribution is 2.22. The van der Waals surface area contributed by atoms with Crippen molar-refractivity contribution in [2.24, 2.45) is 4.40 Å². The van der Waals surface area contributed by atoms with Crippen LogP contribution in [0.15, 0.2) is 27.1 Å². The minimum atomic E-state index is -1.24. The molecule has 1 unspecified atom stereocenters. The molecule has 0 aliphatic rings. The molecule has 1 rings (SSSR count). The Morgan fingerprint density at radius 3 is 2.56 bits per heavy atom. The Balaban J connectivity index is 2.85. The van der Waals surface area contributed by atoms with E-state index < -0.39 is 11.0 Å². The van der Waals surface area contributed by atoms with Crippen molar-refractivity contribution in [2.75, 3.05) is 0 Å². The van der Waals surface area contributed by atoms with Crippen molar-refractivity contribution in [3.63, 3.8) is 0 Å². The third-order valence-corrected chi connectivity index (χ3v) is 4.34. The quantitative estimate of drug-likeness (QED) is 0.757. The third kappa shape index (κ3) is 4.00. The Bertz CT molecular complexity index is 440. The summed E-state index contributed by atoms with van der Waals surface area (Å²) in [7, 11) is -1.24. The maximum Gasteiger partial charge on any atom is 0.144 e. The first-order valence-corrected chi connectivity index (χ1v) is 6.99. The van der Waals surface area contributed by atoms with E-state index in [-0.39, 0.29) is 4.75 Å². The standard InChI is InChI=1S/C11H13BrClNOS/c1-11(2,3)16(15)14-7-8-4-5-9(12)10(13)6-8/h4-7H,1-3H3. The van der Waals surface area contributed by atoms with E-state index in [4.69, 9.17) is 11.6 Å². The van der Waals surface area contributed by atoms with Gasteiger partial charge in [-0.3, -0.25) is 0 Å². The number of hydrogen-bond acceptors (Lipinski definition) is 1. The second kappa shape index (κ2) is 5.43. The molecule has 0 saturated carbocycles. The van der Waals surface area contributed by atoms with Crippen molar-refractivity contribution in [3.8, 4) is 0 Å². The van der Waals surface area contributed by atoms with Crippen LogP contribution in [0.25, 0.3) is 0 Å². The summed E-state index contributed by atoms with van der Waals surface area (Å²) in [5.74, 6) is 0. The lowest BCUT2D eigenvalue weighted by atomic mass is 10.2. The molecule has 0 heterocycles. The molecule has 0 bridgehead atoms. The summed E-state index contributed by atoms with van der Waals surface area (Å²) in [6.45, 7) is 5.65. The fourth-order valence-corrected chi connectivity index (χ4v) is 1.83. The van der Waals surface area contributed by atoms with Crippen molar-refractivity contribution in [3.05, 3.63) is 33.3 Å². The monoisotopic (exact) mass is 321 g/mol. The summed E-state index contributed by atoms with van der Waals surface area (Å²) >= 11 is 9.24. The molecule has 0 N–H and O–H groups in total. The van der Waals surface area contributed by atoms with Crippen molar-refractivity contribution >= 4 is 44.7 Å². The summed E-state index contributed by atoms with van der Waals surface area (Å²) in [5, 5.41) is 0.616. The van der Waals surface area contributed by atoms with E-state index in [1.807, 2.05) is 32.9 Å². The van der Waals surface area contributed by atoms with Gasteiger partial charge in [0.1, 0.15) is 11.0 Å². The Labute approximate surface area is 112 Å². The van der Waals surface area contributed by atoms with Crippen LogP contribution in [0.2, 0.25) is 5.02 Å². The number of rotatable bonds is 2. The van der Waals surface area contributed by atoms with Gasteiger partial charge in [0.15, 0.2) is 0 Å². The Kier molecular flexibility index (Phi) is 4.71. The van der Waals surface area contributed by atoms with Gasteiger partial charge in [0.05, 0.1) is 9.77 Å². The Hall–Kier alpha value is -0.190. The highest BCUT2D eigenvalue weighted by atomic mass is 79.9. The average molecular weight is 323 g/mol. The van der Waals surface area contributed by atoms with Crippen LogP contribution < -0.4 is 0 Å². The van der Waals surface area contributed by atoms with E-state index in [2.05, 4.69) is 20.3 Å². The van der Waals surface area contributed by atoms with Crippen LogP contribution >= 0.6 is 27.5 Å². The molecule has 0 amide bonds. The van der Waals surface area contributed by atoms with Gasteiger partial charge < -0.3 is 0 Å². The molecule has 5 heteroatoms. The van der Waals surface area contributed by atoms with Gasteiger partial charge in [0.2, 0.25) is 0 Å². The van der Waals surface area contributed by atoms with Crippen LogP contribution in [-0.2, 0) is 11.0 Å². The maximum absolute atomic E-state index is 11.7. The lowest BCUT2D eigenvalue weighted by molar-refractivity contribution is 0.651. The molecule has 0 aliphatic carbocycles. The molecule has 88 valence electrons. The van der Waals surface area contributed by atoms with Gasteiger partial charge in [0.25, 0.3) is 0 Å². The summed E-state index contributed by atoms with van der Waals surface area (Å²) in [6, 6.07) is 5.47. The summed E-state index contributed by atoms with van der Waals surface area (Å²) < 4.78 is 16.2. The van der Waals surface area contributed by atoms with Crippen LogP contribution in [0.4, 0.5) is 0 Å². The molecule has 2 nitrogen and oxygen atoms in total. The number of halogens is 2. The normalized spacial score (nSPS) is 14.3. The van der Waals surface area contributed by atoms with Gasteiger partial charge in [-0.1, -0.05) is 17.7 Å². The number of benzene rings is 1. The van der Waals surface area contributed by atoms with Gasteiger partial charge in [-0.15, -0.1) is 0 Å². The Morgan fingerprint density at radius 1 is 1.44 bits per heavy atom. The highest BCUT2D eigenvalue weighted by molar-refractivity contribution is 9.10. The van der Waals surface area contributed by atoms with Crippen LogP contribution in [0.5, 0.6) is 0 Å². The van der Waals surface area contributed by atoms with Crippen LogP contribution in [0.3, 0.4) is 0 Å². The van der Waals surface area contributed by atoms with Crippen molar-refractivity contribution in [1.82, 2.24) is 0 Å². The highest BCUT2D eigenvalue weighted by Gasteiger charge is 2.18. The molecular weight excluding hydrogens is 310 g/mol. The van der Waals surface area contributed by atoms with Gasteiger partial charge >= 0.3 is 0 Å². The zero-order valence-corrected chi connectivity index (χ0v) is 12.5. The molecule has 0 aromatic heterocycles. The summed E-state index contributed by atoms with van der Waals surface area (Å²) in [4.78, 5) is 0. The molecule has 1 aromatic rings. The first-order valence-electron chi connectivity index (χ1n) is 4.72. The lowest BCUT2D eigenvalue weighted by Crippen LogP contribution is -2.19. The van der Waals surface area contributed by atoms with Crippen LogP contribution in [-0.4, -0.2) is 15.2 Å². The number of hydrogen-bond donors (Lipinski definition) is 0. The van der Waals surface area contributed by atoms with Gasteiger partial charge in [-0.25, -0.2) is 4.21 Å². The first-order chi connectivity index (χ1) is 7.30. The third-order valence-electron chi connectivity index (χ3n) is 1.77. The minimum absolute atomic E-state index is 0.338. The minimum Gasteiger partial charge on any atom is -0.234 e. The maximum atomic E-state index is 11.7. The summed E-state index contributed by atoms with van der Waals surface area (Å²) in [5.41, 5.74) is 0.839. The van der Waals surface area contributed by atoms with Crippen molar-refractivity contribution in [2.45, 2.75) is 25.5 Å². The zero-order valence-electron chi connectivity index (χ0n) is 9.33. The van der Waals surface area contributed by atoms with Crippen molar-refractivity contribution in [1.29, 1.82) is 0 Å². The van der Waals surface area contributed by atoms with Crippen molar-refractivity contribution < 1.29 is 4.21 Å². The predicted molar refractivity (Wildman–Crippen MR) is 74.6 cm³/mol. The van der Waals surface area contributed by atoms with E-state index in [0.717, 1.165) is 10.0 Å². The molecule has 0 aliphatic heterocycles. The molecule has 1 atom stereocenters. The predicted octanol–water partition coefficient (Wildman–Crippen LogP) is 3.98. The summed E-state index contributed by atoms with van der Waals surface area (Å²) in [6.07, 6.45) is 1.58. The van der Waals surface area contributed by atoms with E-state index in [1.165, 1.54) is 0 Å².